The van der Waals surface area contributed by atoms with Crippen LogP contribution in [0.1, 0.15) is 78.1 Å². The van der Waals surface area contributed by atoms with Gasteiger partial charge in [-0.15, -0.1) is 0 Å². The van der Waals surface area contributed by atoms with Crippen LogP contribution < -0.4 is 0 Å². The second kappa shape index (κ2) is 11.9. The van der Waals surface area contributed by atoms with Crippen molar-refractivity contribution in [3.8, 4) is 0 Å². The van der Waals surface area contributed by atoms with Crippen LogP contribution in [0.2, 0.25) is 0 Å². The number of carbonyl (C=O) groups is 1. The van der Waals surface area contributed by atoms with E-state index in [2.05, 4.69) is 25.8 Å². The molecular formula is C20H39NO3. The summed E-state index contributed by atoms with van der Waals surface area (Å²) in [6.45, 7) is 7.57. The molecule has 0 aromatic rings. The first-order valence-electron chi connectivity index (χ1n) is 9.91. The van der Waals surface area contributed by atoms with Gasteiger partial charge < -0.3 is 14.7 Å². The van der Waals surface area contributed by atoms with Crippen LogP contribution in [0, 0.1) is 11.3 Å². The van der Waals surface area contributed by atoms with Gasteiger partial charge in [0.1, 0.15) is 0 Å². The maximum atomic E-state index is 12.0. The predicted molar refractivity (Wildman–Crippen MR) is 99.0 cm³/mol. The maximum absolute atomic E-state index is 12.0. The molecule has 1 heterocycles. The molecule has 142 valence electrons. The van der Waals surface area contributed by atoms with Gasteiger partial charge in [-0.25, -0.2) is 0 Å². The van der Waals surface area contributed by atoms with Gasteiger partial charge in [0.05, 0.1) is 12.5 Å². The molecule has 1 rings (SSSR count). The molecule has 1 saturated heterocycles. The van der Waals surface area contributed by atoms with Gasteiger partial charge in [0.25, 0.3) is 0 Å². The number of aliphatic hydroxyl groups is 1. The molecule has 0 radical (unpaired) electrons. The molecule has 1 aliphatic rings. The summed E-state index contributed by atoms with van der Waals surface area (Å²) in [4.78, 5) is 14.3. The molecule has 0 aliphatic carbocycles. The molecule has 0 aromatic carbocycles. The summed E-state index contributed by atoms with van der Waals surface area (Å²) in [5.41, 5.74) is 0.385. The van der Waals surface area contributed by atoms with Crippen LogP contribution in [-0.2, 0) is 9.53 Å². The van der Waals surface area contributed by atoms with Crippen molar-refractivity contribution in [1.29, 1.82) is 0 Å². The lowest BCUT2D eigenvalue weighted by molar-refractivity contribution is -0.150. The molecule has 1 aliphatic heterocycles. The van der Waals surface area contributed by atoms with Crippen molar-refractivity contribution in [2.75, 3.05) is 33.4 Å². The van der Waals surface area contributed by atoms with Gasteiger partial charge in [0, 0.05) is 6.61 Å². The van der Waals surface area contributed by atoms with Gasteiger partial charge in [-0.3, -0.25) is 4.79 Å². The Kier molecular flexibility index (Phi) is 10.6. The molecule has 0 atom stereocenters. The number of piperidine rings is 1. The number of carbonyl (C=O) groups excluding carboxylic acids is 1. The second-order valence-electron chi connectivity index (χ2n) is 8.25. The van der Waals surface area contributed by atoms with Crippen molar-refractivity contribution < 1.29 is 14.6 Å². The molecule has 1 N–H and O–H groups in total. The highest BCUT2D eigenvalue weighted by atomic mass is 16.5. The number of esters is 1. The lowest BCUT2D eigenvalue weighted by Gasteiger charge is -2.27. The van der Waals surface area contributed by atoms with E-state index >= 15 is 0 Å². The van der Waals surface area contributed by atoms with Gasteiger partial charge >= 0.3 is 5.97 Å². The molecular weight excluding hydrogens is 302 g/mol. The summed E-state index contributed by atoms with van der Waals surface area (Å²) in [6, 6.07) is 0. The number of likely N-dealkylation sites (tertiary alicyclic amines) is 1. The number of nitrogens with zero attached hydrogens (tertiary/aromatic N) is 1. The zero-order valence-corrected chi connectivity index (χ0v) is 16.2. The van der Waals surface area contributed by atoms with Gasteiger partial charge in [0.15, 0.2) is 0 Å². The van der Waals surface area contributed by atoms with Crippen LogP contribution in [0.15, 0.2) is 0 Å². The standard InChI is InChI=1S/C20H39NO3/c1-20(2,13-7-8-16-22)12-6-4-5-9-17-24-19(23)18-10-14-21(3)15-11-18/h18,22H,4-17H2,1-3H3. The van der Waals surface area contributed by atoms with E-state index in [1.165, 1.54) is 25.7 Å². The molecule has 0 bridgehead atoms. The summed E-state index contributed by atoms with van der Waals surface area (Å²) in [6.07, 6.45) is 11.0. The Morgan fingerprint density at radius 3 is 2.25 bits per heavy atom. The Hall–Kier alpha value is -0.610. The molecule has 4 nitrogen and oxygen atoms in total. The molecule has 0 amide bonds. The van der Waals surface area contributed by atoms with Crippen molar-refractivity contribution in [2.24, 2.45) is 11.3 Å². The van der Waals surface area contributed by atoms with E-state index in [-0.39, 0.29) is 11.9 Å². The summed E-state index contributed by atoms with van der Waals surface area (Å²) >= 11 is 0. The lowest BCUT2D eigenvalue weighted by atomic mass is 9.82. The third kappa shape index (κ3) is 9.63. The Labute approximate surface area is 148 Å². The summed E-state index contributed by atoms with van der Waals surface area (Å²) in [5.74, 6) is 0.147. The number of hydrogen-bond donors (Lipinski definition) is 1. The minimum absolute atomic E-state index is 0.0214. The maximum Gasteiger partial charge on any atom is 0.309 e. The SMILES string of the molecule is CN1CCC(C(=O)OCCCCCCC(C)(C)CCCCO)CC1. The Morgan fingerprint density at radius 1 is 1.04 bits per heavy atom. The van der Waals surface area contributed by atoms with E-state index in [1.54, 1.807) is 0 Å². The third-order valence-electron chi connectivity index (χ3n) is 5.31. The monoisotopic (exact) mass is 341 g/mol. The average molecular weight is 342 g/mol. The average Bonchev–Trinajstić information content (AvgIpc) is 2.54. The van der Waals surface area contributed by atoms with E-state index < -0.39 is 0 Å². The summed E-state index contributed by atoms with van der Waals surface area (Å²) in [7, 11) is 2.11. The van der Waals surface area contributed by atoms with Crippen LogP contribution in [0.3, 0.4) is 0 Å². The fraction of sp³-hybridized carbons (Fsp3) is 0.950. The summed E-state index contributed by atoms with van der Waals surface area (Å²) < 4.78 is 5.45. The van der Waals surface area contributed by atoms with E-state index in [1.807, 2.05) is 0 Å². The molecule has 0 aromatic heterocycles. The quantitative estimate of drug-likeness (QED) is 0.430. The first-order chi connectivity index (χ1) is 11.4. The topological polar surface area (TPSA) is 49.8 Å². The third-order valence-corrected chi connectivity index (χ3v) is 5.31. The van der Waals surface area contributed by atoms with Gasteiger partial charge in [-0.2, -0.15) is 0 Å². The highest BCUT2D eigenvalue weighted by Gasteiger charge is 2.24. The zero-order chi connectivity index (χ0) is 17.8. The van der Waals surface area contributed by atoms with Crippen molar-refractivity contribution in [1.82, 2.24) is 4.90 Å². The molecule has 1 fully saturated rings. The van der Waals surface area contributed by atoms with E-state index in [0.29, 0.717) is 18.6 Å². The number of rotatable bonds is 12. The minimum Gasteiger partial charge on any atom is -0.465 e. The highest BCUT2D eigenvalue weighted by molar-refractivity contribution is 5.72. The van der Waals surface area contributed by atoms with Gasteiger partial charge in [0.2, 0.25) is 0 Å². The second-order valence-corrected chi connectivity index (χ2v) is 8.25. The molecule has 24 heavy (non-hydrogen) atoms. The first kappa shape index (κ1) is 21.4. The molecule has 4 heteroatoms. The normalized spacial score (nSPS) is 17.2. The number of aliphatic hydroxyl groups excluding tert-OH is 1. The molecule has 0 spiro atoms. The largest absolute Gasteiger partial charge is 0.465 e. The van der Waals surface area contributed by atoms with Crippen LogP contribution in [0.25, 0.3) is 0 Å². The van der Waals surface area contributed by atoms with Crippen molar-refractivity contribution >= 4 is 5.97 Å². The Balaban J connectivity index is 1.97. The highest BCUT2D eigenvalue weighted by Crippen LogP contribution is 2.29. The smallest absolute Gasteiger partial charge is 0.309 e. The number of hydrogen-bond acceptors (Lipinski definition) is 4. The van der Waals surface area contributed by atoms with Crippen LogP contribution in [0.5, 0.6) is 0 Å². The lowest BCUT2D eigenvalue weighted by Crippen LogP contribution is -2.34. The Morgan fingerprint density at radius 2 is 1.62 bits per heavy atom. The first-order valence-corrected chi connectivity index (χ1v) is 9.91. The molecule has 0 unspecified atom stereocenters. The van der Waals surface area contributed by atoms with Gasteiger partial charge in [-0.05, 0) is 64.1 Å². The zero-order valence-electron chi connectivity index (χ0n) is 16.2. The van der Waals surface area contributed by atoms with Crippen LogP contribution in [-0.4, -0.2) is 49.3 Å². The van der Waals surface area contributed by atoms with E-state index in [9.17, 15) is 4.79 Å². The predicted octanol–water partition coefficient (Wildman–Crippen LogP) is 4.01. The fourth-order valence-electron chi connectivity index (χ4n) is 3.43. The molecule has 0 saturated carbocycles. The summed E-state index contributed by atoms with van der Waals surface area (Å²) in [5, 5.41) is 8.86. The fourth-order valence-corrected chi connectivity index (χ4v) is 3.43. The van der Waals surface area contributed by atoms with E-state index in [4.69, 9.17) is 9.84 Å². The van der Waals surface area contributed by atoms with Crippen LogP contribution >= 0.6 is 0 Å². The minimum atomic E-state index is 0.0214. The number of ether oxygens (including phenoxy) is 1. The number of unbranched alkanes of at least 4 members (excludes halogenated alkanes) is 4. The Bertz CT molecular complexity index is 336. The van der Waals surface area contributed by atoms with Gasteiger partial charge in [-0.1, -0.05) is 39.5 Å². The van der Waals surface area contributed by atoms with Crippen molar-refractivity contribution in [3.63, 3.8) is 0 Å². The van der Waals surface area contributed by atoms with Crippen LogP contribution in [0.4, 0.5) is 0 Å². The van der Waals surface area contributed by atoms with Crippen molar-refractivity contribution in [3.05, 3.63) is 0 Å². The van der Waals surface area contributed by atoms with Crippen molar-refractivity contribution in [2.45, 2.75) is 78.1 Å². The van der Waals surface area contributed by atoms with E-state index in [0.717, 1.165) is 51.6 Å².